The molecule has 7 nitrogen and oxygen atoms in total. The summed E-state index contributed by atoms with van der Waals surface area (Å²) < 4.78 is 28.2. The molecule has 0 radical (unpaired) electrons. The Balaban J connectivity index is 2.14. The van der Waals surface area contributed by atoms with E-state index in [1.807, 2.05) is 0 Å². The van der Waals surface area contributed by atoms with Gasteiger partial charge in [0.15, 0.2) is 6.10 Å². The number of anilines is 1. The van der Waals surface area contributed by atoms with E-state index in [1.54, 1.807) is 0 Å². The van der Waals surface area contributed by atoms with Crippen LogP contribution in [0.25, 0.3) is 0 Å². The van der Waals surface area contributed by atoms with Crippen LogP contribution < -0.4 is 10.5 Å². The van der Waals surface area contributed by atoms with Crippen molar-refractivity contribution in [3.05, 3.63) is 56.5 Å². The molecular weight excluding hydrogens is 451 g/mol. The van der Waals surface area contributed by atoms with E-state index in [9.17, 15) is 18.0 Å². The molecule has 150 valence electrons. The summed E-state index contributed by atoms with van der Waals surface area (Å²) in [6, 6.07) is 6.59. The maximum absolute atomic E-state index is 12.3. The molecule has 0 saturated heterocycles. The number of nitrogens with two attached hydrogens (primary N) is 1. The quantitative estimate of drug-likeness (QED) is 0.515. The van der Waals surface area contributed by atoms with Crippen molar-refractivity contribution in [2.45, 2.75) is 24.8 Å². The Kier molecular flexibility index (Phi) is 6.95. The Hall–Kier alpha value is -1.84. The number of primary sulfonamides is 1. The summed E-state index contributed by atoms with van der Waals surface area (Å²) >= 11 is 17.7. The zero-order chi connectivity index (χ0) is 21.2. The van der Waals surface area contributed by atoms with Crippen LogP contribution in [0.3, 0.4) is 0 Å². The minimum absolute atomic E-state index is 0.0677. The summed E-state index contributed by atoms with van der Waals surface area (Å²) in [6.07, 6.45) is -1.21. The lowest BCUT2D eigenvalue weighted by Gasteiger charge is -2.15. The number of halogens is 3. The predicted molar refractivity (Wildman–Crippen MR) is 108 cm³/mol. The van der Waals surface area contributed by atoms with Gasteiger partial charge in [-0.1, -0.05) is 40.9 Å². The average molecular weight is 466 g/mol. The maximum Gasteiger partial charge on any atom is 0.338 e. The summed E-state index contributed by atoms with van der Waals surface area (Å²) in [5.74, 6) is -1.57. The van der Waals surface area contributed by atoms with E-state index in [-0.39, 0.29) is 31.2 Å². The smallest absolute Gasteiger partial charge is 0.338 e. The molecule has 0 spiro atoms. The molecule has 0 heterocycles. The summed E-state index contributed by atoms with van der Waals surface area (Å²) in [6.45, 7) is 2.87. The number of ether oxygens (including phenoxy) is 1. The van der Waals surface area contributed by atoms with Gasteiger partial charge in [0.25, 0.3) is 5.91 Å². The molecule has 0 saturated carbocycles. The number of rotatable bonds is 5. The molecule has 2 rings (SSSR count). The van der Waals surface area contributed by atoms with E-state index in [1.165, 1.54) is 38.1 Å². The van der Waals surface area contributed by atoms with Crippen molar-refractivity contribution in [1.29, 1.82) is 0 Å². The minimum Gasteiger partial charge on any atom is -0.449 e. The second-order valence-electron chi connectivity index (χ2n) is 5.81. The van der Waals surface area contributed by atoms with Crippen LogP contribution in [0.1, 0.15) is 22.8 Å². The van der Waals surface area contributed by atoms with Crippen LogP contribution in [0.5, 0.6) is 0 Å². The van der Waals surface area contributed by atoms with Gasteiger partial charge in [0.1, 0.15) is 0 Å². The van der Waals surface area contributed by atoms with Gasteiger partial charge in [0, 0.05) is 0 Å². The van der Waals surface area contributed by atoms with E-state index in [4.69, 9.17) is 44.7 Å². The van der Waals surface area contributed by atoms with Gasteiger partial charge in [0.2, 0.25) is 10.0 Å². The molecule has 2 aromatic rings. The first-order valence-corrected chi connectivity index (χ1v) is 10.4. The second-order valence-corrected chi connectivity index (χ2v) is 8.56. The monoisotopic (exact) mass is 464 g/mol. The first kappa shape index (κ1) is 22.4. The standard InChI is InChI=1S/C17H15Cl3N2O5S/c1-8-3-4-10(5-15(8)28(21,25)26)17(24)27-9(2)16(23)22-14-7-12(19)11(18)6-13(14)20/h3-7,9H,1-2H3,(H,22,23)(H2,21,25,26). The Bertz CT molecular complexity index is 1060. The number of amides is 1. The largest absolute Gasteiger partial charge is 0.449 e. The van der Waals surface area contributed by atoms with Crippen LogP contribution >= 0.6 is 34.8 Å². The van der Waals surface area contributed by atoms with Crippen LogP contribution in [-0.4, -0.2) is 26.4 Å². The van der Waals surface area contributed by atoms with Crippen LogP contribution in [0.4, 0.5) is 5.69 Å². The van der Waals surface area contributed by atoms with Gasteiger partial charge in [-0.25, -0.2) is 18.4 Å². The molecule has 1 atom stereocenters. The highest BCUT2D eigenvalue weighted by Gasteiger charge is 2.22. The Morgan fingerprint density at radius 1 is 1.07 bits per heavy atom. The SMILES string of the molecule is Cc1ccc(C(=O)OC(C)C(=O)Nc2cc(Cl)c(Cl)cc2Cl)cc1S(N)(=O)=O. The zero-order valence-corrected chi connectivity index (χ0v) is 17.7. The summed E-state index contributed by atoms with van der Waals surface area (Å²) in [4.78, 5) is 24.3. The van der Waals surface area contributed by atoms with E-state index in [0.29, 0.717) is 5.56 Å². The predicted octanol–water partition coefficient (Wildman–Crippen LogP) is 3.79. The number of carbonyl (C=O) groups is 2. The van der Waals surface area contributed by atoms with E-state index in [0.717, 1.165) is 6.07 Å². The average Bonchev–Trinajstić information content (AvgIpc) is 2.58. The van der Waals surface area contributed by atoms with Gasteiger partial charge >= 0.3 is 5.97 Å². The van der Waals surface area contributed by atoms with Crippen LogP contribution in [-0.2, 0) is 19.6 Å². The molecule has 0 bridgehead atoms. The number of sulfonamides is 1. The third-order valence-corrected chi connectivity index (χ3v) is 5.74. The summed E-state index contributed by atoms with van der Waals surface area (Å²) in [5.41, 5.74) is 0.497. The Morgan fingerprint density at radius 2 is 1.68 bits per heavy atom. The van der Waals surface area contributed by atoms with Gasteiger partial charge in [-0.2, -0.15) is 0 Å². The molecule has 11 heteroatoms. The van der Waals surface area contributed by atoms with Gasteiger partial charge in [-0.05, 0) is 43.7 Å². The Labute approximate surface area is 176 Å². The molecule has 0 fully saturated rings. The highest BCUT2D eigenvalue weighted by molar-refractivity contribution is 7.89. The number of nitrogens with one attached hydrogen (secondary N) is 1. The number of aryl methyl sites for hydroxylation is 1. The molecule has 0 aliphatic heterocycles. The highest BCUT2D eigenvalue weighted by Crippen LogP contribution is 2.32. The molecule has 28 heavy (non-hydrogen) atoms. The number of carbonyl (C=O) groups excluding carboxylic acids is 2. The van der Waals surface area contributed by atoms with Crippen molar-refractivity contribution in [2.24, 2.45) is 5.14 Å². The lowest BCUT2D eigenvalue weighted by atomic mass is 10.1. The molecule has 0 aliphatic rings. The van der Waals surface area contributed by atoms with Crippen LogP contribution in [0, 0.1) is 6.92 Å². The van der Waals surface area contributed by atoms with Gasteiger partial charge in [-0.3, -0.25) is 4.79 Å². The van der Waals surface area contributed by atoms with E-state index in [2.05, 4.69) is 5.32 Å². The molecule has 3 N–H and O–H groups in total. The van der Waals surface area contributed by atoms with Crippen molar-refractivity contribution in [2.75, 3.05) is 5.32 Å². The van der Waals surface area contributed by atoms with Gasteiger partial charge in [0.05, 0.1) is 31.2 Å². The van der Waals surface area contributed by atoms with Crippen LogP contribution in [0.2, 0.25) is 15.1 Å². The fraction of sp³-hybridized carbons (Fsp3) is 0.176. The summed E-state index contributed by atoms with van der Waals surface area (Å²) in [5, 5.41) is 8.14. The third kappa shape index (κ3) is 5.36. The third-order valence-electron chi connectivity index (χ3n) is 3.65. The topological polar surface area (TPSA) is 116 Å². The fourth-order valence-electron chi connectivity index (χ4n) is 2.17. The number of esters is 1. The first-order valence-electron chi connectivity index (χ1n) is 7.70. The van der Waals surface area contributed by atoms with Crippen molar-refractivity contribution in [3.8, 4) is 0 Å². The lowest BCUT2D eigenvalue weighted by molar-refractivity contribution is -0.123. The minimum atomic E-state index is -4.01. The van der Waals surface area contributed by atoms with Crippen molar-refractivity contribution in [3.63, 3.8) is 0 Å². The van der Waals surface area contributed by atoms with Crippen LogP contribution in [0.15, 0.2) is 35.2 Å². The number of hydrogen-bond donors (Lipinski definition) is 2. The van der Waals surface area contributed by atoms with Crippen molar-refractivity contribution < 1.29 is 22.7 Å². The molecule has 1 amide bonds. The molecule has 0 aliphatic carbocycles. The molecule has 2 aromatic carbocycles. The van der Waals surface area contributed by atoms with Gasteiger partial charge in [-0.15, -0.1) is 0 Å². The second kappa shape index (κ2) is 8.67. The first-order chi connectivity index (χ1) is 12.9. The number of benzene rings is 2. The summed E-state index contributed by atoms with van der Waals surface area (Å²) in [7, 11) is -4.01. The zero-order valence-electron chi connectivity index (χ0n) is 14.6. The molecule has 1 unspecified atom stereocenters. The highest BCUT2D eigenvalue weighted by atomic mass is 35.5. The van der Waals surface area contributed by atoms with E-state index < -0.39 is 28.0 Å². The Morgan fingerprint density at radius 3 is 2.29 bits per heavy atom. The maximum atomic E-state index is 12.3. The molecular formula is C17H15Cl3N2O5S. The normalized spacial score (nSPS) is 12.4. The lowest BCUT2D eigenvalue weighted by Crippen LogP contribution is -2.30. The number of hydrogen-bond acceptors (Lipinski definition) is 5. The van der Waals surface area contributed by atoms with Crippen molar-refractivity contribution >= 4 is 62.4 Å². The fourth-order valence-corrected chi connectivity index (χ4v) is 3.57. The van der Waals surface area contributed by atoms with Crippen molar-refractivity contribution in [1.82, 2.24) is 0 Å². The molecule has 0 aromatic heterocycles. The van der Waals surface area contributed by atoms with E-state index >= 15 is 0 Å². The van der Waals surface area contributed by atoms with Gasteiger partial charge < -0.3 is 10.1 Å².